The molecule has 0 saturated heterocycles. The molecule has 1 heterocycles. The molecule has 6 heteroatoms. The van der Waals surface area contributed by atoms with Crippen LogP contribution in [0.5, 0.6) is 0 Å². The molecular formula is C14H12FN3O2. The summed E-state index contributed by atoms with van der Waals surface area (Å²) < 4.78 is 14.6. The van der Waals surface area contributed by atoms with Crippen molar-refractivity contribution in [2.75, 3.05) is 0 Å². The van der Waals surface area contributed by atoms with E-state index in [9.17, 15) is 14.0 Å². The SMILES string of the molecule is CCc1cn(Cc2cc(F)cc(C#N)c2)c(=O)[nH]c1=O. The lowest BCUT2D eigenvalue weighted by Gasteiger charge is -2.07. The van der Waals surface area contributed by atoms with Crippen molar-refractivity contribution in [1.29, 1.82) is 5.26 Å². The number of rotatable bonds is 3. The van der Waals surface area contributed by atoms with E-state index >= 15 is 0 Å². The van der Waals surface area contributed by atoms with Gasteiger partial charge in [-0.15, -0.1) is 0 Å². The predicted octanol–water partition coefficient (Wildman–Crippen LogP) is 1.16. The van der Waals surface area contributed by atoms with E-state index < -0.39 is 17.1 Å². The van der Waals surface area contributed by atoms with Gasteiger partial charge in [0.15, 0.2) is 0 Å². The average molecular weight is 273 g/mol. The Morgan fingerprint density at radius 1 is 1.35 bits per heavy atom. The van der Waals surface area contributed by atoms with E-state index in [4.69, 9.17) is 5.26 Å². The molecule has 0 radical (unpaired) electrons. The molecule has 2 aromatic rings. The highest BCUT2D eigenvalue weighted by Crippen LogP contribution is 2.09. The van der Waals surface area contributed by atoms with E-state index in [1.54, 1.807) is 6.92 Å². The van der Waals surface area contributed by atoms with Crippen LogP contribution in [-0.2, 0) is 13.0 Å². The Kier molecular flexibility index (Phi) is 3.80. The van der Waals surface area contributed by atoms with E-state index in [0.717, 1.165) is 6.07 Å². The minimum Gasteiger partial charge on any atom is -0.296 e. The molecule has 0 atom stereocenters. The summed E-state index contributed by atoms with van der Waals surface area (Å²) in [7, 11) is 0. The summed E-state index contributed by atoms with van der Waals surface area (Å²) in [5.41, 5.74) is 0.174. The minimum atomic E-state index is -0.560. The first-order chi connectivity index (χ1) is 9.53. The molecule has 20 heavy (non-hydrogen) atoms. The fraction of sp³-hybridized carbons (Fsp3) is 0.214. The van der Waals surface area contributed by atoms with Crippen LogP contribution in [0.15, 0.2) is 34.0 Å². The molecule has 0 unspecified atom stereocenters. The molecule has 0 saturated carbocycles. The van der Waals surface area contributed by atoms with Crippen LogP contribution >= 0.6 is 0 Å². The highest BCUT2D eigenvalue weighted by atomic mass is 19.1. The maximum absolute atomic E-state index is 13.3. The Labute approximate surface area is 113 Å². The van der Waals surface area contributed by atoms with Gasteiger partial charge in [0.05, 0.1) is 18.2 Å². The first-order valence-corrected chi connectivity index (χ1v) is 6.05. The summed E-state index contributed by atoms with van der Waals surface area (Å²) in [5, 5.41) is 8.79. The van der Waals surface area contributed by atoms with Gasteiger partial charge in [-0.25, -0.2) is 9.18 Å². The minimum absolute atomic E-state index is 0.0923. The van der Waals surface area contributed by atoms with Crippen molar-refractivity contribution >= 4 is 0 Å². The van der Waals surface area contributed by atoms with Gasteiger partial charge in [-0.05, 0) is 30.2 Å². The summed E-state index contributed by atoms with van der Waals surface area (Å²) in [5.74, 6) is -0.535. The van der Waals surface area contributed by atoms with Gasteiger partial charge in [-0.2, -0.15) is 5.26 Å². The zero-order valence-corrected chi connectivity index (χ0v) is 10.8. The molecule has 0 amide bonds. The van der Waals surface area contributed by atoms with Crippen LogP contribution in [0.2, 0.25) is 0 Å². The maximum Gasteiger partial charge on any atom is 0.328 e. The van der Waals surface area contributed by atoms with Crippen LogP contribution in [-0.4, -0.2) is 9.55 Å². The summed E-state index contributed by atoms with van der Waals surface area (Å²) >= 11 is 0. The number of aromatic nitrogens is 2. The summed E-state index contributed by atoms with van der Waals surface area (Å²) in [6.45, 7) is 1.89. The highest BCUT2D eigenvalue weighted by Gasteiger charge is 2.06. The number of aromatic amines is 1. The van der Waals surface area contributed by atoms with Crippen LogP contribution < -0.4 is 11.2 Å². The topological polar surface area (TPSA) is 78.7 Å². The molecule has 0 bridgehead atoms. The van der Waals surface area contributed by atoms with Gasteiger partial charge in [0, 0.05) is 11.8 Å². The van der Waals surface area contributed by atoms with Crippen molar-refractivity contribution in [3.05, 3.63) is 67.7 Å². The van der Waals surface area contributed by atoms with Crippen LogP contribution in [0.4, 0.5) is 4.39 Å². The van der Waals surface area contributed by atoms with Gasteiger partial charge >= 0.3 is 5.69 Å². The summed E-state index contributed by atoms with van der Waals surface area (Å²) in [4.78, 5) is 25.4. The third-order valence-corrected chi connectivity index (χ3v) is 2.91. The second-order valence-corrected chi connectivity index (χ2v) is 4.36. The highest BCUT2D eigenvalue weighted by molar-refractivity contribution is 5.33. The van der Waals surface area contributed by atoms with Gasteiger partial charge in [-0.1, -0.05) is 6.92 Å². The first kappa shape index (κ1) is 13.7. The molecule has 0 aliphatic rings. The largest absolute Gasteiger partial charge is 0.328 e. The lowest BCUT2D eigenvalue weighted by Crippen LogP contribution is -2.31. The molecule has 102 valence electrons. The van der Waals surface area contributed by atoms with Gasteiger partial charge in [0.1, 0.15) is 5.82 Å². The number of nitrogens with one attached hydrogen (secondary N) is 1. The molecule has 2 rings (SSSR count). The van der Waals surface area contributed by atoms with Gasteiger partial charge in [-0.3, -0.25) is 14.3 Å². The molecule has 1 aromatic carbocycles. The smallest absolute Gasteiger partial charge is 0.296 e. The van der Waals surface area contributed by atoms with E-state index in [-0.39, 0.29) is 12.1 Å². The van der Waals surface area contributed by atoms with Crippen molar-refractivity contribution < 1.29 is 4.39 Å². The average Bonchev–Trinajstić information content (AvgIpc) is 2.41. The quantitative estimate of drug-likeness (QED) is 0.911. The van der Waals surface area contributed by atoms with E-state index in [1.165, 1.54) is 22.9 Å². The Balaban J connectivity index is 2.45. The Bertz CT molecular complexity index is 799. The van der Waals surface area contributed by atoms with Crippen molar-refractivity contribution in [3.8, 4) is 6.07 Å². The van der Waals surface area contributed by atoms with E-state index in [1.807, 2.05) is 6.07 Å². The molecule has 0 aliphatic carbocycles. The van der Waals surface area contributed by atoms with Crippen LogP contribution in [0.3, 0.4) is 0 Å². The Morgan fingerprint density at radius 3 is 2.75 bits per heavy atom. The summed E-state index contributed by atoms with van der Waals surface area (Å²) in [6.07, 6.45) is 1.94. The number of nitriles is 1. The molecular weight excluding hydrogens is 261 g/mol. The lowest BCUT2D eigenvalue weighted by molar-refractivity contribution is 0.620. The number of aryl methyl sites for hydroxylation is 1. The van der Waals surface area contributed by atoms with Gasteiger partial charge in [0.25, 0.3) is 5.56 Å². The predicted molar refractivity (Wildman–Crippen MR) is 70.9 cm³/mol. The van der Waals surface area contributed by atoms with Gasteiger partial charge < -0.3 is 0 Å². The van der Waals surface area contributed by atoms with Gasteiger partial charge in [0.2, 0.25) is 0 Å². The first-order valence-electron chi connectivity index (χ1n) is 6.05. The number of benzene rings is 1. The maximum atomic E-state index is 13.3. The monoisotopic (exact) mass is 273 g/mol. The number of hydrogen-bond acceptors (Lipinski definition) is 3. The number of H-pyrrole nitrogens is 1. The molecule has 0 fully saturated rings. The van der Waals surface area contributed by atoms with Crippen LogP contribution in [0, 0.1) is 17.1 Å². The van der Waals surface area contributed by atoms with Crippen molar-refractivity contribution in [1.82, 2.24) is 9.55 Å². The number of halogens is 1. The second-order valence-electron chi connectivity index (χ2n) is 4.36. The van der Waals surface area contributed by atoms with Crippen molar-refractivity contribution in [2.45, 2.75) is 19.9 Å². The second kappa shape index (κ2) is 5.53. The molecule has 1 N–H and O–H groups in total. The standard InChI is InChI=1S/C14H12FN3O2/c1-2-11-8-18(14(20)17-13(11)19)7-10-3-9(6-16)4-12(15)5-10/h3-5,8H,2,7H2,1H3,(H,17,19,20). The molecule has 0 aliphatic heterocycles. The fourth-order valence-corrected chi connectivity index (χ4v) is 1.93. The third kappa shape index (κ3) is 2.83. The normalized spacial score (nSPS) is 10.2. The van der Waals surface area contributed by atoms with Crippen molar-refractivity contribution in [2.24, 2.45) is 0 Å². The van der Waals surface area contributed by atoms with Crippen LogP contribution in [0.25, 0.3) is 0 Å². The van der Waals surface area contributed by atoms with E-state index in [2.05, 4.69) is 4.98 Å². The molecule has 1 aromatic heterocycles. The fourth-order valence-electron chi connectivity index (χ4n) is 1.93. The lowest BCUT2D eigenvalue weighted by atomic mass is 10.1. The zero-order chi connectivity index (χ0) is 14.7. The third-order valence-electron chi connectivity index (χ3n) is 2.91. The Hall–Kier alpha value is -2.68. The number of hydrogen-bond donors (Lipinski definition) is 1. The van der Waals surface area contributed by atoms with E-state index in [0.29, 0.717) is 17.5 Å². The summed E-state index contributed by atoms with van der Waals surface area (Å²) in [6, 6.07) is 5.74. The number of nitrogens with zero attached hydrogens (tertiary/aromatic N) is 2. The molecule has 0 spiro atoms. The molecule has 5 nitrogen and oxygen atoms in total. The van der Waals surface area contributed by atoms with Crippen molar-refractivity contribution in [3.63, 3.8) is 0 Å². The zero-order valence-electron chi connectivity index (χ0n) is 10.8. The van der Waals surface area contributed by atoms with Crippen LogP contribution in [0.1, 0.15) is 23.6 Å². The Morgan fingerprint density at radius 2 is 2.10 bits per heavy atom.